The molecule has 8 rings (SSSR count). The van der Waals surface area contributed by atoms with Crippen molar-refractivity contribution >= 4 is 77.9 Å². The second-order valence-corrected chi connectivity index (χ2v) is 17.0. The van der Waals surface area contributed by atoms with Gasteiger partial charge in [-0.2, -0.15) is 0 Å². The van der Waals surface area contributed by atoms with Gasteiger partial charge in [-0.15, -0.1) is 22.7 Å². The molecule has 1 unspecified atom stereocenters. The van der Waals surface area contributed by atoms with E-state index in [1.807, 2.05) is 72.8 Å². The fraction of sp³-hybridized carbons (Fsp3) is 0.106. The maximum Gasteiger partial charge on any atom is 0.338 e. The number of ether oxygens (including phenoxy) is 1. The second-order valence-electron chi connectivity index (χ2n) is 13.9. The number of hydrogen-bond acceptors (Lipinski definition) is 5. The van der Waals surface area contributed by atoms with Crippen molar-refractivity contribution in [3.05, 3.63) is 187 Å². The van der Waals surface area contributed by atoms with Gasteiger partial charge in [0.2, 0.25) is 0 Å². The number of amides is 1. The first-order valence-electron chi connectivity index (χ1n) is 18.2. The molecule has 2 aromatic heterocycles. The first-order chi connectivity index (χ1) is 27.5. The standard InChI is InChI=1S/C47H33Cl2F2NO3S2/c1-27(55-47(54)35-11-3-7-31(21-35)43-13-5-9-33-23-41(57-45(33)43)19-29-15-37(49)25-39(51)17-29)26-52-46(53)34-10-2-6-30(20-34)42-12-4-8-32-22-40(56-44(32)42)18-28-14-36(48)24-38(50)16-28/h2-17,20-25,27H,18-19,26H2,1H3,(H,52,53). The number of rotatable bonds is 11. The van der Waals surface area contributed by atoms with E-state index in [1.54, 1.807) is 53.9 Å². The molecule has 284 valence electrons. The van der Waals surface area contributed by atoms with Crippen LogP contribution in [0.1, 0.15) is 48.5 Å². The van der Waals surface area contributed by atoms with Crippen molar-refractivity contribution in [1.82, 2.24) is 5.32 Å². The minimum Gasteiger partial charge on any atom is -0.457 e. The van der Waals surface area contributed by atoms with Gasteiger partial charge in [0, 0.05) is 47.6 Å². The van der Waals surface area contributed by atoms with Gasteiger partial charge in [0.25, 0.3) is 5.91 Å². The summed E-state index contributed by atoms with van der Waals surface area (Å²) in [6, 6.07) is 40.2. The largest absolute Gasteiger partial charge is 0.457 e. The van der Waals surface area contributed by atoms with E-state index < -0.39 is 12.1 Å². The Morgan fingerprint density at radius 1 is 0.632 bits per heavy atom. The lowest BCUT2D eigenvalue weighted by Gasteiger charge is -2.15. The quantitative estimate of drug-likeness (QED) is 0.132. The molecule has 0 bridgehead atoms. The molecule has 1 amide bonds. The zero-order valence-corrected chi connectivity index (χ0v) is 33.6. The first kappa shape index (κ1) is 38.5. The van der Waals surface area contributed by atoms with Crippen molar-refractivity contribution in [3.63, 3.8) is 0 Å². The minimum atomic E-state index is -0.598. The molecular weight excluding hydrogens is 800 g/mol. The van der Waals surface area contributed by atoms with Crippen LogP contribution in [-0.2, 0) is 17.6 Å². The van der Waals surface area contributed by atoms with Crippen LogP contribution in [-0.4, -0.2) is 24.5 Å². The van der Waals surface area contributed by atoms with Crippen LogP contribution in [0.4, 0.5) is 8.78 Å². The number of halogens is 4. The van der Waals surface area contributed by atoms with Gasteiger partial charge in [-0.1, -0.05) is 83.9 Å². The van der Waals surface area contributed by atoms with E-state index in [0.29, 0.717) is 34.0 Å². The molecule has 0 aliphatic heterocycles. The van der Waals surface area contributed by atoms with Gasteiger partial charge < -0.3 is 10.1 Å². The highest BCUT2D eigenvalue weighted by molar-refractivity contribution is 7.20. The molecule has 6 aromatic carbocycles. The maximum absolute atomic E-state index is 14.0. The minimum absolute atomic E-state index is 0.121. The highest BCUT2D eigenvalue weighted by Crippen LogP contribution is 2.38. The number of fused-ring (bicyclic) bond motifs is 2. The number of carbonyl (C=O) groups excluding carboxylic acids is 2. The Kier molecular flexibility index (Phi) is 11.2. The molecular formula is C47H33Cl2F2NO3S2. The van der Waals surface area contributed by atoms with Gasteiger partial charge in [-0.25, -0.2) is 13.6 Å². The highest BCUT2D eigenvalue weighted by atomic mass is 35.5. The summed E-state index contributed by atoms with van der Waals surface area (Å²) in [5.41, 5.74) is 6.19. The van der Waals surface area contributed by atoms with E-state index in [2.05, 4.69) is 17.4 Å². The van der Waals surface area contributed by atoms with Crippen molar-refractivity contribution in [2.75, 3.05) is 6.54 Å². The van der Waals surface area contributed by atoms with Gasteiger partial charge in [-0.3, -0.25) is 4.79 Å². The van der Waals surface area contributed by atoms with Crippen molar-refractivity contribution in [1.29, 1.82) is 0 Å². The summed E-state index contributed by atoms with van der Waals surface area (Å²) < 4.78 is 35.8. The van der Waals surface area contributed by atoms with Crippen LogP contribution in [0.15, 0.2) is 133 Å². The Morgan fingerprint density at radius 2 is 1.12 bits per heavy atom. The van der Waals surface area contributed by atoms with E-state index in [-0.39, 0.29) is 24.1 Å². The Hall–Kier alpha value is -5.38. The van der Waals surface area contributed by atoms with Crippen molar-refractivity contribution in [2.24, 2.45) is 0 Å². The van der Waals surface area contributed by atoms with Crippen LogP contribution in [0, 0.1) is 11.6 Å². The van der Waals surface area contributed by atoms with E-state index in [0.717, 1.165) is 63.3 Å². The number of esters is 1. The fourth-order valence-corrected chi connectivity index (χ4v) is 9.91. The Morgan fingerprint density at radius 3 is 1.65 bits per heavy atom. The molecule has 0 saturated heterocycles. The summed E-state index contributed by atoms with van der Waals surface area (Å²) in [6.07, 6.45) is 0.502. The number of hydrogen-bond donors (Lipinski definition) is 1. The van der Waals surface area contributed by atoms with Crippen LogP contribution in [0.25, 0.3) is 42.4 Å². The predicted octanol–water partition coefficient (Wildman–Crippen LogP) is 13.2. The lowest BCUT2D eigenvalue weighted by Crippen LogP contribution is -2.33. The van der Waals surface area contributed by atoms with E-state index >= 15 is 0 Å². The molecule has 2 heterocycles. The molecule has 10 heteroatoms. The van der Waals surface area contributed by atoms with Crippen molar-refractivity contribution in [3.8, 4) is 22.3 Å². The normalized spacial score (nSPS) is 11.9. The molecule has 57 heavy (non-hydrogen) atoms. The Labute approximate surface area is 346 Å². The van der Waals surface area contributed by atoms with Gasteiger partial charge in [0.05, 0.1) is 12.1 Å². The summed E-state index contributed by atoms with van der Waals surface area (Å²) in [6.45, 7) is 1.86. The lowest BCUT2D eigenvalue weighted by atomic mass is 10.0. The number of benzene rings is 6. The SMILES string of the molecule is CC(CNC(=O)c1cccc(-c2cccc3cc(Cc4cc(F)cc(Cl)c4)sc23)c1)OC(=O)c1cccc(-c2cccc3cc(Cc4cc(F)cc(Cl)c4)sc23)c1. The molecule has 0 aliphatic rings. The van der Waals surface area contributed by atoms with Crippen molar-refractivity contribution in [2.45, 2.75) is 25.9 Å². The third-order valence-corrected chi connectivity index (χ3v) is 12.3. The Bertz CT molecular complexity index is 2770. The van der Waals surface area contributed by atoms with Crippen LogP contribution in [0.5, 0.6) is 0 Å². The highest BCUT2D eigenvalue weighted by Gasteiger charge is 2.17. The molecule has 0 aliphatic carbocycles. The molecule has 0 radical (unpaired) electrons. The molecule has 1 atom stereocenters. The molecule has 1 N–H and O–H groups in total. The monoisotopic (exact) mass is 831 g/mol. The third-order valence-electron chi connectivity index (χ3n) is 9.50. The Balaban J connectivity index is 0.916. The molecule has 8 aromatic rings. The summed E-state index contributed by atoms with van der Waals surface area (Å²) in [4.78, 5) is 28.8. The number of thiophene rings is 2. The summed E-state index contributed by atoms with van der Waals surface area (Å²) in [7, 11) is 0. The van der Waals surface area contributed by atoms with Crippen LogP contribution in [0.2, 0.25) is 10.0 Å². The number of carbonyl (C=O) groups is 2. The van der Waals surface area contributed by atoms with Crippen LogP contribution >= 0.6 is 45.9 Å². The molecule has 0 saturated carbocycles. The van der Waals surface area contributed by atoms with E-state index in [4.69, 9.17) is 27.9 Å². The predicted molar refractivity (Wildman–Crippen MR) is 230 cm³/mol. The van der Waals surface area contributed by atoms with Gasteiger partial charge in [-0.05, 0) is 124 Å². The van der Waals surface area contributed by atoms with Gasteiger partial charge >= 0.3 is 5.97 Å². The first-order valence-corrected chi connectivity index (χ1v) is 20.6. The van der Waals surface area contributed by atoms with Gasteiger partial charge in [0.15, 0.2) is 0 Å². The van der Waals surface area contributed by atoms with E-state index in [1.165, 1.54) is 24.3 Å². The molecule has 0 fully saturated rings. The zero-order valence-electron chi connectivity index (χ0n) is 30.5. The fourth-order valence-electron chi connectivity index (χ4n) is 6.96. The molecule has 0 spiro atoms. The second kappa shape index (κ2) is 16.6. The zero-order chi connectivity index (χ0) is 39.6. The number of nitrogens with one attached hydrogen (secondary N) is 1. The summed E-state index contributed by atoms with van der Waals surface area (Å²) in [5.74, 6) is -1.51. The van der Waals surface area contributed by atoms with E-state index in [9.17, 15) is 18.4 Å². The maximum atomic E-state index is 14.0. The smallest absolute Gasteiger partial charge is 0.338 e. The average molecular weight is 833 g/mol. The van der Waals surface area contributed by atoms with Crippen molar-refractivity contribution < 1.29 is 23.1 Å². The van der Waals surface area contributed by atoms with Gasteiger partial charge in [0.1, 0.15) is 17.7 Å². The lowest BCUT2D eigenvalue weighted by molar-refractivity contribution is 0.0337. The average Bonchev–Trinajstić information content (AvgIpc) is 3.79. The molecule has 4 nitrogen and oxygen atoms in total. The summed E-state index contributed by atoms with van der Waals surface area (Å²) in [5, 5.41) is 5.76. The summed E-state index contributed by atoms with van der Waals surface area (Å²) >= 11 is 15.4. The topological polar surface area (TPSA) is 55.4 Å². The third kappa shape index (κ3) is 8.95. The van der Waals surface area contributed by atoms with Crippen LogP contribution in [0.3, 0.4) is 0 Å². The van der Waals surface area contributed by atoms with Crippen LogP contribution < -0.4 is 5.32 Å².